The predicted octanol–water partition coefficient (Wildman–Crippen LogP) is 3.22. The van der Waals surface area contributed by atoms with E-state index in [-0.39, 0.29) is 0 Å². The minimum atomic E-state index is 0.505. The van der Waals surface area contributed by atoms with Crippen molar-refractivity contribution in [1.82, 2.24) is 0 Å². The third-order valence-electron chi connectivity index (χ3n) is 1.78. The van der Waals surface area contributed by atoms with Crippen LogP contribution >= 0.6 is 0 Å². The van der Waals surface area contributed by atoms with Gasteiger partial charge in [0.1, 0.15) is 19.0 Å². The first-order valence-electron chi connectivity index (χ1n) is 5.65. The molecule has 0 aliphatic rings. The molecule has 0 saturated heterocycles. The van der Waals surface area contributed by atoms with Crippen molar-refractivity contribution < 1.29 is 14.2 Å². The van der Waals surface area contributed by atoms with Crippen LogP contribution in [0.2, 0.25) is 0 Å². The highest BCUT2D eigenvalue weighted by molar-refractivity contribution is 5.05. The van der Waals surface area contributed by atoms with Crippen LogP contribution < -0.4 is 0 Å². The zero-order valence-electron chi connectivity index (χ0n) is 10.8. The van der Waals surface area contributed by atoms with E-state index in [4.69, 9.17) is 14.2 Å². The summed E-state index contributed by atoms with van der Waals surface area (Å²) in [5, 5.41) is 0. The summed E-state index contributed by atoms with van der Waals surface area (Å²) in [4.78, 5) is 0. The van der Waals surface area contributed by atoms with Crippen molar-refractivity contribution in [2.75, 3.05) is 26.4 Å². The monoisotopic (exact) mass is 238 g/mol. The Morgan fingerprint density at radius 3 is 2.35 bits per heavy atom. The van der Waals surface area contributed by atoms with E-state index < -0.39 is 0 Å². The quantitative estimate of drug-likeness (QED) is 0.332. The van der Waals surface area contributed by atoms with E-state index in [0.29, 0.717) is 32.2 Å². The summed E-state index contributed by atoms with van der Waals surface area (Å²) in [5.41, 5.74) is 0. The van der Waals surface area contributed by atoms with Crippen LogP contribution in [0.5, 0.6) is 0 Å². The van der Waals surface area contributed by atoms with Gasteiger partial charge in [-0.3, -0.25) is 0 Å². The van der Waals surface area contributed by atoms with Gasteiger partial charge in [0.25, 0.3) is 0 Å². The molecule has 0 atom stereocenters. The van der Waals surface area contributed by atoms with E-state index in [0.717, 1.165) is 5.76 Å². The highest BCUT2D eigenvalue weighted by Crippen LogP contribution is 1.96. The summed E-state index contributed by atoms with van der Waals surface area (Å²) in [5.74, 6) is 1.48. The minimum Gasteiger partial charge on any atom is -0.496 e. The molecule has 3 heteroatoms. The van der Waals surface area contributed by atoms with Crippen LogP contribution in [0, 0.1) is 0 Å². The molecule has 0 aliphatic heterocycles. The van der Waals surface area contributed by atoms with Gasteiger partial charge >= 0.3 is 0 Å². The van der Waals surface area contributed by atoms with Crippen molar-refractivity contribution in [2.24, 2.45) is 0 Å². The summed E-state index contributed by atoms with van der Waals surface area (Å²) in [7, 11) is 0. The van der Waals surface area contributed by atoms with Crippen LogP contribution in [0.25, 0.3) is 0 Å². The SMILES string of the molecule is C=C/C=C(\C)OCCOCCOC(=C)/C=C\C. The Morgan fingerprint density at radius 1 is 1.12 bits per heavy atom. The molecule has 96 valence electrons. The van der Waals surface area contributed by atoms with Gasteiger partial charge in [0.05, 0.1) is 19.0 Å². The first kappa shape index (κ1) is 15.5. The standard InChI is InChI=1S/C14H22O3/c1-5-7-13(3)16-11-9-15-10-12-17-14(4)8-6-2/h5-8H,1,4,9-12H2,2-3H3/b8-6-,13-7+. The largest absolute Gasteiger partial charge is 0.496 e. The second kappa shape index (κ2) is 11.0. The molecule has 0 fully saturated rings. The molecule has 0 N–H and O–H groups in total. The van der Waals surface area contributed by atoms with Gasteiger partial charge in [0, 0.05) is 0 Å². The van der Waals surface area contributed by atoms with E-state index >= 15 is 0 Å². The van der Waals surface area contributed by atoms with Crippen LogP contribution in [-0.4, -0.2) is 26.4 Å². The average molecular weight is 238 g/mol. The predicted molar refractivity (Wildman–Crippen MR) is 70.6 cm³/mol. The Morgan fingerprint density at radius 2 is 1.76 bits per heavy atom. The molecule has 0 aromatic carbocycles. The molecule has 0 rings (SSSR count). The molecular formula is C14H22O3. The van der Waals surface area contributed by atoms with Gasteiger partial charge in [-0.15, -0.1) is 0 Å². The molecule has 0 unspecified atom stereocenters. The Hall–Kier alpha value is -1.48. The molecule has 0 heterocycles. The molecular weight excluding hydrogens is 216 g/mol. The van der Waals surface area contributed by atoms with Gasteiger partial charge < -0.3 is 14.2 Å². The van der Waals surface area contributed by atoms with Gasteiger partial charge in [-0.1, -0.05) is 25.3 Å². The van der Waals surface area contributed by atoms with E-state index in [1.54, 1.807) is 6.08 Å². The van der Waals surface area contributed by atoms with Gasteiger partial charge in [0.15, 0.2) is 0 Å². The van der Waals surface area contributed by atoms with E-state index in [1.165, 1.54) is 0 Å². The molecule has 0 aliphatic carbocycles. The topological polar surface area (TPSA) is 27.7 Å². The molecule has 0 spiro atoms. The zero-order chi connectivity index (χ0) is 12.9. The Balaban J connectivity index is 3.32. The van der Waals surface area contributed by atoms with Crippen LogP contribution in [0.4, 0.5) is 0 Å². The number of ether oxygens (including phenoxy) is 3. The molecule has 0 amide bonds. The van der Waals surface area contributed by atoms with Crippen LogP contribution in [0.3, 0.4) is 0 Å². The third-order valence-corrected chi connectivity index (χ3v) is 1.78. The van der Waals surface area contributed by atoms with E-state index in [1.807, 2.05) is 32.1 Å². The van der Waals surface area contributed by atoms with Crippen LogP contribution in [-0.2, 0) is 14.2 Å². The lowest BCUT2D eigenvalue weighted by Crippen LogP contribution is -2.08. The van der Waals surface area contributed by atoms with Crippen molar-refractivity contribution in [1.29, 1.82) is 0 Å². The normalized spacial score (nSPS) is 11.5. The maximum Gasteiger partial charge on any atom is 0.111 e. The van der Waals surface area contributed by atoms with E-state index in [9.17, 15) is 0 Å². The summed E-state index contributed by atoms with van der Waals surface area (Å²) in [6.45, 7) is 13.2. The molecule has 0 aromatic heterocycles. The smallest absolute Gasteiger partial charge is 0.111 e. The van der Waals surface area contributed by atoms with Crippen molar-refractivity contribution in [2.45, 2.75) is 13.8 Å². The summed E-state index contributed by atoms with van der Waals surface area (Å²) in [6.07, 6.45) is 7.19. The highest BCUT2D eigenvalue weighted by atomic mass is 16.5. The third kappa shape index (κ3) is 10.8. The molecule has 0 bridgehead atoms. The Bertz CT molecular complexity index is 277. The lowest BCUT2D eigenvalue weighted by atomic mass is 10.5. The van der Waals surface area contributed by atoms with Gasteiger partial charge in [-0.25, -0.2) is 0 Å². The second-order valence-corrected chi connectivity index (χ2v) is 3.29. The number of hydrogen-bond acceptors (Lipinski definition) is 3. The minimum absolute atomic E-state index is 0.505. The summed E-state index contributed by atoms with van der Waals surface area (Å²) >= 11 is 0. The van der Waals surface area contributed by atoms with Crippen molar-refractivity contribution >= 4 is 0 Å². The van der Waals surface area contributed by atoms with E-state index in [2.05, 4.69) is 13.2 Å². The van der Waals surface area contributed by atoms with Crippen LogP contribution in [0.15, 0.2) is 49.0 Å². The maximum atomic E-state index is 5.34. The Labute approximate surface area is 104 Å². The lowest BCUT2D eigenvalue weighted by Gasteiger charge is -2.08. The fourth-order valence-corrected chi connectivity index (χ4v) is 1.04. The molecule has 3 nitrogen and oxygen atoms in total. The van der Waals surface area contributed by atoms with Crippen molar-refractivity contribution in [3.05, 3.63) is 49.0 Å². The zero-order valence-corrected chi connectivity index (χ0v) is 10.8. The second-order valence-electron chi connectivity index (χ2n) is 3.29. The van der Waals surface area contributed by atoms with Crippen molar-refractivity contribution in [3.8, 4) is 0 Å². The highest BCUT2D eigenvalue weighted by Gasteiger charge is 1.92. The maximum absolute atomic E-state index is 5.34. The number of allylic oxidation sites excluding steroid dienone is 5. The molecule has 17 heavy (non-hydrogen) atoms. The molecule has 0 radical (unpaired) electrons. The molecule has 0 saturated carbocycles. The lowest BCUT2D eigenvalue weighted by molar-refractivity contribution is 0.0469. The molecule has 0 aromatic rings. The van der Waals surface area contributed by atoms with Gasteiger partial charge in [-0.2, -0.15) is 0 Å². The van der Waals surface area contributed by atoms with Crippen molar-refractivity contribution in [3.63, 3.8) is 0 Å². The first-order chi connectivity index (χ1) is 8.20. The average Bonchev–Trinajstić information content (AvgIpc) is 2.28. The van der Waals surface area contributed by atoms with Gasteiger partial charge in [0.2, 0.25) is 0 Å². The Kier molecular flexibility index (Phi) is 10.1. The number of rotatable bonds is 10. The summed E-state index contributed by atoms with van der Waals surface area (Å²) < 4.78 is 15.9. The first-order valence-corrected chi connectivity index (χ1v) is 5.65. The fraction of sp³-hybridized carbons (Fsp3) is 0.429. The van der Waals surface area contributed by atoms with Crippen LogP contribution in [0.1, 0.15) is 13.8 Å². The number of hydrogen-bond donors (Lipinski definition) is 0. The fourth-order valence-electron chi connectivity index (χ4n) is 1.04. The summed E-state index contributed by atoms with van der Waals surface area (Å²) in [6, 6.07) is 0. The van der Waals surface area contributed by atoms with Gasteiger partial charge in [-0.05, 0) is 26.0 Å².